The molecule has 1 aliphatic carbocycles. The molecule has 1 fully saturated rings. The van der Waals surface area contributed by atoms with Crippen molar-refractivity contribution in [1.82, 2.24) is 14.9 Å². The van der Waals surface area contributed by atoms with Crippen molar-refractivity contribution in [3.63, 3.8) is 0 Å². The number of aryl methyl sites for hydroxylation is 1. The van der Waals surface area contributed by atoms with Crippen LogP contribution in [0.4, 0.5) is 5.82 Å². The third-order valence-corrected chi connectivity index (χ3v) is 5.36. The smallest absolute Gasteiger partial charge is 0.138 e. The number of hydrogen-bond acceptors (Lipinski definition) is 5. The van der Waals surface area contributed by atoms with Gasteiger partial charge in [0.2, 0.25) is 0 Å². The third-order valence-electron chi connectivity index (χ3n) is 4.40. The summed E-state index contributed by atoms with van der Waals surface area (Å²) in [6, 6.07) is 2.19. The van der Waals surface area contributed by atoms with Crippen LogP contribution >= 0.6 is 11.3 Å². The van der Waals surface area contributed by atoms with Crippen molar-refractivity contribution in [2.45, 2.75) is 32.6 Å². The highest BCUT2D eigenvalue weighted by Gasteiger charge is 2.34. The number of aromatic nitrogens is 2. The van der Waals surface area contributed by atoms with E-state index in [1.807, 2.05) is 0 Å². The quantitative estimate of drug-likeness (QED) is 0.917. The molecular formula is C16H24N4S. The molecule has 0 spiro atoms. The number of nitrogens with one attached hydrogen (secondary N) is 1. The Morgan fingerprint density at radius 1 is 1.29 bits per heavy atom. The van der Waals surface area contributed by atoms with Crippen LogP contribution in [0.5, 0.6) is 0 Å². The first-order valence-electron chi connectivity index (χ1n) is 7.68. The zero-order valence-corrected chi connectivity index (χ0v) is 14.0. The van der Waals surface area contributed by atoms with Gasteiger partial charge >= 0.3 is 0 Å². The van der Waals surface area contributed by atoms with Gasteiger partial charge in [0.25, 0.3) is 0 Å². The number of rotatable bonds is 5. The number of nitrogens with zero attached hydrogens (tertiary/aromatic N) is 3. The van der Waals surface area contributed by atoms with Gasteiger partial charge in [0, 0.05) is 23.4 Å². The van der Waals surface area contributed by atoms with Crippen LogP contribution < -0.4 is 5.32 Å². The van der Waals surface area contributed by atoms with E-state index in [0.29, 0.717) is 5.41 Å². The molecule has 21 heavy (non-hydrogen) atoms. The fourth-order valence-corrected chi connectivity index (χ4v) is 4.42. The number of anilines is 1. The van der Waals surface area contributed by atoms with E-state index < -0.39 is 0 Å². The van der Waals surface area contributed by atoms with Crippen LogP contribution in [0.15, 0.2) is 12.4 Å². The van der Waals surface area contributed by atoms with Gasteiger partial charge in [-0.15, -0.1) is 11.3 Å². The molecule has 1 saturated carbocycles. The van der Waals surface area contributed by atoms with Gasteiger partial charge < -0.3 is 10.2 Å². The highest BCUT2D eigenvalue weighted by molar-refractivity contribution is 7.18. The van der Waals surface area contributed by atoms with Gasteiger partial charge in [-0.2, -0.15) is 0 Å². The highest BCUT2D eigenvalue weighted by atomic mass is 32.1. The highest BCUT2D eigenvalue weighted by Crippen LogP contribution is 2.39. The van der Waals surface area contributed by atoms with Gasteiger partial charge in [-0.25, -0.2) is 9.97 Å². The Kier molecular flexibility index (Phi) is 4.13. The molecule has 2 aromatic rings. The summed E-state index contributed by atoms with van der Waals surface area (Å²) in [6.07, 6.45) is 7.01. The lowest BCUT2D eigenvalue weighted by Crippen LogP contribution is -2.37. The van der Waals surface area contributed by atoms with E-state index in [-0.39, 0.29) is 0 Å². The molecule has 1 N–H and O–H groups in total. The maximum atomic E-state index is 4.46. The third kappa shape index (κ3) is 3.19. The van der Waals surface area contributed by atoms with Gasteiger partial charge in [-0.05, 0) is 39.9 Å². The largest absolute Gasteiger partial charge is 0.369 e. The summed E-state index contributed by atoms with van der Waals surface area (Å²) in [6.45, 7) is 4.28. The maximum absolute atomic E-state index is 4.46. The molecule has 0 amide bonds. The Morgan fingerprint density at radius 3 is 2.76 bits per heavy atom. The lowest BCUT2D eigenvalue weighted by molar-refractivity contribution is 0.215. The molecule has 2 aromatic heterocycles. The summed E-state index contributed by atoms with van der Waals surface area (Å²) < 4.78 is 0. The minimum atomic E-state index is 0.395. The lowest BCUT2D eigenvalue weighted by atomic mass is 9.85. The van der Waals surface area contributed by atoms with E-state index >= 15 is 0 Å². The summed E-state index contributed by atoms with van der Waals surface area (Å²) in [7, 11) is 4.34. The predicted molar refractivity (Wildman–Crippen MR) is 90.1 cm³/mol. The van der Waals surface area contributed by atoms with Gasteiger partial charge in [0.15, 0.2) is 0 Å². The fraction of sp³-hybridized carbons (Fsp3) is 0.625. The van der Waals surface area contributed by atoms with E-state index in [1.54, 1.807) is 17.7 Å². The number of hydrogen-bond donors (Lipinski definition) is 1. The molecule has 3 rings (SSSR count). The molecule has 0 unspecified atom stereocenters. The minimum absolute atomic E-state index is 0.395. The average Bonchev–Trinajstić information content (AvgIpc) is 3.02. The van der Waals surface area contributed by atoms with E-state index in [0.717, 1.165) is 29.1 Å². The summed E-state index contributed by atoms with van der Waals surface area (Å²) in [5.41, 5.74) is 0.395. The molecule has 0 atom stereocenters. The molecule has 114 valence electrons. The Bertz CT molecular complexity index is 614. The zero-order valence-electron chi connectivity index (χ0n) is 13.1. The number of fused-ring (bicyclic) bond motifs is 1. The molecule has 5 heteroatoms. The topological polar surface area (TPSA) is 41.0 Å². The van der Waals surface area contributed by atoms with Crippen molar-refractivity contribution in [2.75, 3.05) is 32.5 Å². The van der Waals surface area contributed by atoms with Crippen molar-refractivity contribution in [3.8, 4) is 0 Å². The minimum Gasteiger partial charge on any atom is -0.369 e. The first-order valence-corrected chi connectivity index (χ1v) is 8.49. The monoisotopic (exact) mass is 304 g/mol. The first-order chi connectivity index (χ1) is 10.1. The van der Waals surface area contributed by atoms with Crippen molar-refractivity contribution >= 4 is 27.4 Å². The standard InChI is InChI=1S/C16H24N4S/c1-12-8-13-14(18-11-19-15(13)21-12)17-9-16(10-20(2)3)6-4-5-7-16/h8,11H,4-7,9-10H2,1-3H3,(H,17,18,19). The van der Waals surface area contributed by atoms with Crippen molar-refractivity contribution < 1.29 is 0 Å². The Labute approximate surface area is 130 Å². The Hall–Kier alpha value is -1.20. The van der Waals surface area contributed by atoms with Crippen molar-refractivity contribution in [2.24, 2.45) is 5.41 Å². The number of thiophene rings is 1. The van der Waals surface area contributed by atoms with Gasteiger partial charge in [-0.1, -0.05) is 12.8 Å². The lowest BCUT2D eigenvalue weighted by Gasteiger charge is -2.32. The van der Waals surface area contributed by atoms with Crippen LogP contribution in [0.25, 0.3) is 10.2 Å². The van der Waals surface area contributed by atoms with Crippen molar-refractivity contribution in [3.05, 3.63) is 17.3 Å². The van der Waals surface area contributed by atoms with Crippen LogP contribution in [-0.2, 0) is 0 Å². The average molecular weight is 304 g/mol. The SMILES string of the molecule is Cc1cc2c(NCC3(CN(C)C)CCCC3)ncnc2s1. The zero-order chi connectivity index (χ0) is 14.9. The molecule has 0 aromatic carbocycles. The van der Waals surface area contributed by atoms with Gasteiger partial charge in [0.05, 0.1) is 5.39 Å². The summed E-state index contributed by atoms with van der Waals surface area (Å²) in [5, 5.41) is 4.78. The van der Waals surface area contributed by atoms with Crippen LogP contribution in [0.2, 0.25) is 0 Å². The summed E-state index contributed by atoms with van der Waals surface area (Å²) in [4.78, 5) is 13.5. The molecule has 4 nitrogen and oxygen atoms in total. The molecule has 2 heterocycles. The normalized spacial score (nSPS) is 17.7. The molecule has 1 aliphatic rings. The van der Waals surface area contributed by atoms with E-state index in [2.05, 4.69) is 47.3 Å². The van der Waals surface area contributed by atoms with Crippen LogP contribution in [0, 0.1) is 12.3 Å². The Balaban J connectivity index is 1.78. The van der Waals surface area contributed by atoms with Crippen LogP contribution in [0.1, 0.15) is 30.6 Å². The summed E-state index contributed by atoms with van der Waals surface area (Å²) in [5.74, 6) is 0.995. The van der Waals surface area contributed by atoms with Gasteiger partial charge in [-0.3, -0.25) is 0 Å². The maximum Gasteiger partial charge on any atom is 0.138 e. The molecule has 0 bridgehead atoms. The van der Waals surface area contributed by atoms with Crippen molar-refractivity contribution in [1.29, 1.82) is 0 Å². The van der Waals surface area contributed by atoms with E-state index in [9.17, 15) is 0 Å². The molecule has 0 saturated heterocycles. The molecular weight excluding hydrogens is 280 g/mol. The van der Waals surface area contributed by atoms with E-state index in [1.165, 1.54) is 30.6 Å². The second-order valence-electron chi connectivity index (χ2n) is 6.60. The van der Waals surface area contributed by atoms with E-state index in [4.69, 9.17) is 0 Å². The summed E-state index contributed by atoms with van der Waals surface area (Å²) >= 11 is 1.73. The fourth-order valence-electron chi connectivity index (χ4n) is 3.57. The predicted octanol–water partition coefficient (Wildman–Crippen LogP) is 3.53. The Morgan fingerprint density at radius 2 is 2.05 bits per heavy atom. The first kappa shape index (κ1) is 14.7. The second-order valence-corrected chi connectivity index (χ2v) is 7.83. The van der Waals surface area contributed by atoms with Crippen LogP contribution in [0.3, 0.4) is 0 Å². The van der Waals surface area contributed by atoms with Crippen LogP contribution in [-0.4, -0.2) is 42.1 Å². The van der Waals surface area contributed by atoms with Gasteiger partial charge in [0.1, 0.15) is 17.0 Å². The molecule has 0 radical (unpaired) electrons. The second kappa shape index (κ2) is 5.89. The molecule has 0 aliphatic heterocycles.